The molecule has 0 amide bonds. The first-order valence-corrected chi connectivity index (χ1v) is 6.40. The maximum Gasteiger partial charge on any atom is 0.142 e. The van der Waals surface area contributed by atoms with Crippen molar-refractivity contribution in [2.24, 2.45) is 5.16 Å². The predicted octanol–water partition coefficient (Wildman–Crippen LogP) is 3.75. The van der Waals surface area contributed by atoms with E-state index in [0.29, 0.717) is 12.2 Å². The first-order valence-electron chi connectivity index (χ1n) is 5.61. The standard InChI is InChI=1S/C15H10BrN2O/c16-15-4-2-1-3-14(15)10-18-19-11-13-7-5-12(9-17)6-8-13/h1-8H,11H2. The number of benzene rings is 2. The van der Waals surface area contributed by atoms with Crippen molar-refractivity contribution in [1.29, 1.82) is 5.26 Å². The number of nitrogens with zero attached hydrogens (tertiary/aromatic N) is 2. The summed E-state index contributed by atoms with van der Waals surface area (Å²) in [4.78, 5) is 5.16. The van der Waals surface area contributed by atoms with Crippen LogP contribution in [0.5, 0.6) is 0 Å². The van der Waals surface area contributed by atoms with Gasteiger partial charge in [-0.05, 0) is 23.8 Å². The smallest absolute Gasteiger partial charge is 0.142 e. The first-order chi connectivity index (χ1) is 9.29. The van der Waals surface area contributed by atoms with Crippen LogP contribution in [0.1, 0.15) is 16.7 Å². The van der Waals surface area contributed by atoms with Crippen LogP contribution >= 0.6 is 15.9 Å². The van der Waals surface area contributed by atoms with E-state index in [1.54, 1.807) is 12.1 Å². The average molecular weight is 314 g/mol. The molecule has 2 aromatic carbocycles. The van der Waals surface area contributed by atoms with Crippen LogP contribution in [0.3, 0.4) is 0 Å². The summed E-state index contributed by atoms with van der Waals surface area (Å²) in [5.41, 5.74) is 2.42. The molecule has 93 valence electrons. The van der Waals surface area contributed by atoms with Crippen LogP contribution in [0.2, 0.25) is 0 Å². The van der Waals surface area contributed by atoms with Gasteiger partial charge in [0.25, 0.3) is 0 Å². The fraction of sp³-hybridized carbons (Fsp3) is 0.0667. The number of halogens is 1. The van der Waals surface area contributed by atoms with E-state index in [2.05, 4.69) is 33.4 Å². The third-order valence-corrected chi connectivity index (χ3v) is 3.11. The van der Waals surface area contributed by atoms with Gasteiger partial charge in [0.2, 0.25) is 0 Å². The van der Waals surface area contributed by atoms with E-state index >= 15 is 0 Å². The average Bonchev–Trinajstić information content (AvgIpc) is 2.46. The van der Waals surface area contributed by atoms with Crippen LogP contribution in [0.15, 0.2) is 58.2 Å². The van der Waals surface area contributed by atoms with E-state index in [1.807, 2.05) is 36.4 Å². The molecule has 0 saturated carbocycles. The van der Waals surface area contributed by atoms with Crippen molar-refractivity contribution < 1.29 is 4.84 Å². The van der Waals surface area contributed by atoms with Crippen molar-refractivity contribution in [3.05, 3.63) is 69.7 Å². The van der Waals surface area contributed by atoms with Crippen molar-refractivity contribution in [3.8, 4) is 6.07 Å². The molecular weight excluding hydrogens is 304 g/mol. The maximum absolute atomic E-state index is 8.68. The van der Waals surface area contributed by atoms with E-state index in [4.69, 9.17) is 10.1 Å². The van der Waals surface area contributed by atoms with Crippen LogP contribution in [0, 0.1) is 11.3 Å². The summed E-state index contributed by atoms with van der Waals surface area (Å²) in [6.45, 7) is 0.350. The second-order valence-corrected chi connectivity index (χ2v) is 4.62. The molecule has 0 aliphatic rings. The molecule has 0 aliphatic carbocycles. The van der Waals surface area contributed by atoms with Crippen molar-refractivity contribution in [3.63, 3.8) is 0 Å². The monoisotopic (exact) mass is 313 g/mol. The van der Waals surface area contributed by atoms with Crippen LogP contribution in [0.25, 0.3) is 0 Å². The van der Waals surface area contributed by atoms with E-state index in [-0.39, 0.29) is 0 Å². The highest BCUT2D eigenvalue weighted by molar-refractivity contribution is 9.10. The van der Waals surface area contributed by atoms with Gasteiger partial charge in [0.1, 0.15) is 12.8 Å². The lowest BCUT2D eigenvalue weighted by Gasteiger charge is -2.00. The molecular formula is C15H10BrN2O. The molecule has 2 aromatic rings. The molecule has 0 unspecified atom stereocenters. The van der Waals surface area contributed by atoms with E-state index in [9.17, 15) is 0 Å². The first kappa shape index (κ1) is 13.3. The molecule has 1 radical (unpaired) electrons. The zero-order valence-electron chi connectivity index (χ0n) is 10.0. The van der Waals surface area contributed by atoms with E-state index in [1.165, 1.54) is 0 Å². The Morgan fingerprint density at radius 1 is 1.11 bits per heavy atom. The Kier molecular flexibility index (Phi) is 4.71. The molecule has 3 nitrogen and oxygen atoms in total. The van der Waals surface area contributed by atoms with Gasteiger partial charge in [-0.25, -0.2) is 0 Å². The van der Waals surface area contributed by atoms with E-state index in [0.717, 1.165) is 15.6 Å². The molecule has 0 saturated heterocycles. The number of hydrogen-bond acceptors (Lipinski definition) is 3. The Morgan fingerprint density at radius 3 is 2.53 bits per heavy atom. The lowest BCUT2D eigenvalue weighted by atomic mass is 10.2. The lowest BCUT2D eigenvalue weighted by Crippen LogP contribution is -1.89. The molecule has 0 fully saturated rings. The Bertz CT molecular complexity index is 615. The maximum atomic E-state index is 8.68. The molecule has 0 aromatic heterocycles. The van der Waals surface area contributed by atoms with Gasteiger partial charge in [-0.1, -0.05) is 51.4 Å². The number of rotatable bonds is 4. The van der Waals surface area contributed by atoms with Crippen molar-refractivity contribution >= 4 is 22.1 Å². The SMILES string of the molecule is N#Cc1ccc(CO/N=[C]\c2ccccc2Br)cc1. The van der Waals surface area contributed by atoms with Crippen LogP contribution < -0.4 is 0 Å². The summed E-state index contributed by atoms with van der Waals surface area (Å²) in [5.74, 6) is 0. The minimum atomic E-state index is 0.350. The largest absolute Gasteiger partial charge is 0.390 e. The van der Waals surface area contributed by atoms with Crippen LogP contribution in [-0.4, -0.2) is 6.21 Å². The fourth-order valence-electron chi connectivity index (χ4n) is 1.42. The van der Waals surface area contributed by atoms with Crippen molar-refractivity contribution in [1.82, 2.24) is 0 Å². The Balaban J connectivity index is 1.90. The Hall–Kier alpha value is -2.12. The molecule has 0 aliphatic heterocycles. The molecule has 0 N–H and O–H groups in total. The highest BCUT2D eigenvalue weighted by Crippen LogP contribution is 2.13. The molecule has 4 heteroatoms. The highest BCUT2D eigenvalue weighted by Gasteiger charge is 1.96. The van der Waals surface area contributed by atoms with Gasteiger partial charge in [-0.15, -0.1) is 0 Å². The third-order valence-electron chi connectivity index (χ3n) is 2.42. The van der Waals surface area contributed by atoms with Gasteiger partial charge in [0, 0.05) is 10.0 Å². The molecule has 0 atom stereocenters. The number of nitriles is 1. The third kappa shape index (κ3) is 3.94. The van der Waals surface area contributed by atoms with Gasteiger partial charge < -0.3 is 4.84 Å². The van der Waals surface area contributed by atoms with Gasteiger partial charge in [-0.2, -0.15) is 5.26 Å². The fourth-order valence-corrected chi connectivity index (χ4v) is 1.79. The number of hydrogen-bond donors (Lipinski definition) is 0. The quantitative estimate of drug-likeness (QED) is 0.637. The predicted molar refractivity (Wildman–Crippen MR) is 76.6 cm³/mol. The van der Waals surface area contributed by atoms with E-state index < -0.39 is 0 Å². The Labute approximate surface area is 120 Å². The molecule has 0 bridgehead atoms. The minimum absolute atomic E-state index is 0.350. The summed E-state index contributed by atoms with van der Waals surface area (Å²) in [7, 11) is 0. The zero-order chi connectivity index (χ0) is 13.5. The normalized spacial score (nSPS) is 10.3. The molecule has 2 rings (SSSR count). The van der Waals surface area contributed by atoms with Crippen LogP contribution in [-0.2, 0) is 11.4 Å². The van der Waals surface area contributed by atoms with Gasteiger partial charge in [-0.3, -0.25) is 0 Å². The summed E-state index contributed by atoms with van der Waals surface area (Å²) in [5, 5.41) is 12.5. The molecule has 0 heterocycles. The second kappa shape index (κ2) is 6.72. The molecule has 19 heavy (non-hydrogen) atoms. The lowest BCUT2D eigenvalue weighted by molar-refractivity contribution is 0.132. The highest BCUT2D eigenvalue weighted by atomic mass is 79.9. The zero-order valence-corrected chi connectivity index (χ0v) is 11.6. The molecule has 0 spiro atoms. The van der Waals surface area contributed by atoms with Crippen molar-refractivity contribution in [2.45, 2.75) is 6.61 Å². The summed E-state index contributed by atoms with van der Waals surface area (Å²) >= 11 is 3.40. The summed E-state index contributed by atoms with van der Waals surface area (Å²) in [6, 6.07) is 16.9. The van der Waals surface area contributed by atoms with Crippen LogP contribution in [0.4, 0.5) is 0 Å². The van der Waals surface area contributed by atoms with Gasteiger partial charge >= 0.3 is 0 Å². The summed E-state index contributed by atoms with van der Waals surface area (Å²) in [6.07, 6.45) is 2.81. The van der Waals surface area contributed by atoms with Crippen molar-refractivity contribution in [2.75, 3.05) is 0 Å². The van der Waals surface area contributed by atoms with Gasteiger partial charge in [0.15, 0.2) is 0 Å². The summed E-state index contributed by atoms with van der Waals surface area (Å²) < 4.78 is 0.917. The Morgan fingerprint density at radius 2 is 1.84 bits per heavy atom. The minimum Gasteiger partial charge on any atom is -0.390 e. The second-order valence-electron chi connectivity index (χ2n) is 3.77. The topological polar surface area (TPSA) is 45.4 Å². The van der Waals surface area contributed by atoms with Gasteiger partial charge in [0.05, 0.1) is 11.6 Å².